The lowest BCUT2D eigenvalue weighted by Gasteiger charge is -2.16. The predicted octanol–water partition coefficient (Wildman–Crippen LogP) is 3.33. The molecule has 1 atom stereocenters. The summed E-state index contributed by atoms with van der Waals surface area (Å²) in [6, 6.07) is 21.4. The first-order chi connectivity index (χ1) is 15.2. The standard InChI is InChI=1S/C25H25N3O3/c29-24-13-22(17-28(24)16-21-9-5-11-26-14-21)25(30)27-15-20-8-4-10-23(12-20)31-18-19-6-2-1-3-7-19/h1-12,14,22H,13,15-18H2,(H,27,30). The monoisotopic (exact) mass is 415 g/mol. The third-order valence-electron chi connectivity index (χ3n) is 5.30. The minimum Gasteiger partial charge on any atom is -0.489 e. The van der Waals surface area contributed by atoms with Gasteiger partial charge in [-0.25, -0.2) is 0 Å². The average molecular weight is 415 g/mol. The summed E-state index contributed by atoms with van der Waals surface area (Å²) in [5.74, 6) is 0.328. The third-order valence-corrected chi connectivity index (χ3v) is 5.30. The zero-order chi connectivity index (χ0) is 21.5. The molecule has 0 spiro atoms. The molecule has 2 heterocycles. The zero-order valence-electron chi connectivity index (χ0n) is 17.2. The molecule has 1 aromatic heterocycles. The topological polar surface area (TPSA) is 71.5 Å². The highest BCUT2D eigenvalue weighted by Crippen LogP contribution is 2.21. The molecule has 158 valence electrons. The molecule has 1 saturated heterocycles. The van der Waals surface area contributed by atoms with Crippen molar-refractivity contribution in [3.8, 4) is 5.75 Å². The molecule has 1 fully saturated rings. The third kappa shape index (κ3) is 5.69. The van der Waals surface area contributed by atoms with Gasteiger partial charge in [-0.15, -0.1) is 0 Å². The summed E-state index contributed by atoms with van der Waals surface area (Å²) < 4.78 is 5.85. The van der Waals surface area contributed by atoms with Crippen molar-refractivity contribution in [3.63, 3.8) is 0 Å². The summed E-state index contributed by atoms with van der Waals surface area (Å²) >= 11 is 0. The van der Waals surface area contributed by atoms with Crippen molar-refractivity contribution in [2.24, 2.45) is 5.92 Å². The van der Waals surface area contributed by atoms with Crippen LogP contribution in [-0.4, -0.2) is 28.2 Å². The molecule has 0 bridgehead atoms. The molecule has 1 unspecified atom stereocenters. The van der Waals surface area contributed by atoms with Gasteiger partial charge in [-0.1, -0.05) is 48.5 Å². The number of pyridine rings is 1. The summed E-state index contributed by atoms with van der Waals surface area (Å²) in [4.78, 5) is 30.7. The zero-order valence-corrected chi connectivity index (χ0v) is 17.2. The largest absolute Gasteiger partial charge is 0.489 e. The molecule has 0 aliphatic carbocycles. The molecule has 31 heavy (non-hydrogen) atoms. The predicted molar refractivity (Wildman–Crippen MR) is 117 cm³/mol. The SMILES string of the molecule is O=C(NCc1cccc(OCc2ccccc2)c1)C1CC(=O)N(Cc2cccnc2)C1. The second-order valence-corrected chi connectivity index (χ2v) is 7.68. The maximum Gasteiger partial charge on any atom is 0.225 e. The first-order valence-corrected chi connectivity index (χ1v) is 10.4. The van der Waals surface area contributed by atoms with Gasteiger partial charge in [0.15, 0.2) is 0 Å². The van der Waals surface area contributed by atoms with Gasteiger partial charge in [-0.2, -0.15) is 0 Å². The molecule has 2 amide bonds. The van der Waals surface area contributed by atoms with Gasteiger partial charge in [0.1, 0.15) is 12.4 Å². The van der Waals surface area contributed by atoms with E-state index in [1.54, 1.807) is 17.3 Å². The van der Waals surface area contributed by atoms with Crippen LogP contribution in [0.4, 0.5) is 0 Å². The van der Waals surface area contributed by atoms with E-state index in [0.29, 0.717) is 26.2 Å². The molecular formula is C25H25N3O3. The Morgan fingerprint density at radius 1 is 1.03 bits per heavy atom. The Kier molecular flexibility index (Phi) is 6.57. The van der Waals surface area contributed by atoms with Crippen molar-refractivity contribution in [3.05, 3.63) is 95.8 Å². The fourth-order valence-corrected chi connectivity index (χ4v) is 3.63. The van der Waals surface area contributed by atoms with E-state index in [9.17, 15) is 9.59 Å². The molecule has 6 heteroatoms. The van der Waals surface area contributed by atoms with Gasteiger partial charge in [0.2, 0.25) is 11.8 Å². The fourth-order valence-electron chi connectivity index (χ4n) is 3.63. The van der Waals surface area contributed by atoms with Gasteiger partial charge in [0, 0.05) is 38.4 Å². The normalized spacial score (nSPS) is 15.7. The number of rotatable bonds is 8. The number of carbonyl (C=O) groups excluding carboxylic acids is 2. The highest BCUT2D eigenvalue weighted by molar-refractivity contribution is 5.89. The minimum absolute atomic E-state index is 0.000289. The van der Waals surface area contributed by atoms with E-state index in [2.05, 4.69) is 10.3 Å². The molecule has 2 aromatic carbocycles. The second-order valence-electron chi connectivity index (χ2n) is 7.68. The molecule has 3 aromatic rings. The van der Waals surface area contributed by atoms with Gasteiger partial charge < -0.3 is 15.0 Å². The molecular weight excluding hydrogens is 390 g/mol. The Bertz CT molecular complexity index is 1020. The van der Waals surface area contributed by atoms with Gasteiger partial charge in [-0.05, 0) is 34.9 Å². The van der Waals surface area contributed by atoms with Gasteiger partial charge >= 0.3 is 0 Å². The van der Waals surface area contributed by atoms with Crippen molar-refractivity contribution in [1.82, 2.24) is 15.2 Å². The van der Waals surface area contributed by atoms with Gasteiger partial charge in [0.05, 0.1) is 5.92 Å². The van der Waals surface area contributed by atoms with E-state index in [1.165, 1.54) is 0 Å². The molecule has 1 aliphatic rings. The molecule has 4 rings (SSSR count). The van der Waals surface area contributed by atoms with Crippen LogP contribution >= 0.6 is 0 Å². The minimum atomic E-state index is -0.332. The number of hydrogen-bond acceptors (Lipinski definition) is 4. The number of nitrogens with one attached hydrogen (secondary N) is 1. The van der Waals surface area contributed by atoms with E-state index < -0.39 is 0 Å². The number of amides is 2. The second kappa shape index (κ2) is 9.89. The van der Waals surface area contributed by atoms with Crippen LogP contribution in [0.2, 0.25) is 0 Å². The maximum absolute atomic E-state index is 12.6. The number of hydrogen-bond donors (Lipinski definition) is 1. The van der Waals surface area contributed by atoms with E-state index in [0.717, 1.165) is 22.4 Å². The van der Waals surface area contributed by atoms with E-state index >= 15 is 0 Å². The molecule has 1 aliphatic heterocycles. The Balaban J connectivity index is 1.27. The van der Waals surface area contributed by atoms with Gasteiger partial charge in [-0.3, -0.25) is 14.6 Å². The Labute approximate surface area is 181 Å². The summed E-state index contributed by atoms with van der Waals surface area (Å²) in [5, 5.41) is 2.96. The Morgan fingerprint density at radius 3 is 2.65 bits per heavy atom. The number of likely N-dealkylation sites (tertiary alicyclic amines) is 1. The van der Waals surface area contributed by atoms with Crippen LogP contribution in [0.25, 0.3) is 0 Å². The molecule has 0 radical (unpaired) electrons. The van der Waals surface area contributed by atoms with Crippen molar-refractivity contribution < 1.29 is 14.3 Å². The lowest BCUT2D eigenvalue weighted by atomic mass is 10.1. The van der Waals surface area contributed by atoms with Crippen LogP contribution in [0, 0.1) is 5.92 Å². The van der Waals surface area contributed by atoms with Crippen molar-refractivity contribution in [2.45, 2.75) is 26.1 Å². The lowest BCUT2D eigenvalue weighted by molar-refractivity contribution is -0.129. The van der Waals surface area contributed by atoms with Crippen LogP contribution in [0.3, 0.4) is 0 Å². The Morgan fingerprint density at radius 2 is 1.84 bits per heavy atom. The van der Waals surface area contributed by atoms with Crippen LogP contribution in [0.15, 0.2) is 79.1 Å². The highest BCUT2D eigenvalue weighted by Gasteiger charge is 2.34. The molecule has 1 N–H and O–H groups in total. The number of carbonyl (C=O) groups is 2. The maximum atomic E-state index is 12.6. The van der Waals surface area contributed by atoms with Crippen molar-refractivity contribution >= 4 is 11.8 Å². The first-order valence-electron chi connectivity index (χ1n) is 10.4. The smallest absolute Gasteiger partial charge is 0.225 e. The summed E-state index contributed by atoms with van der Waals surface area (Å²) in [6.45, 7) is 1.80. The quantitative estimate of drug-likeness (QED) is 0.613. The molecule has 0 saturated carbocycles. The fraction of sp³-hybridized carbons (Fsp3) is 0.240. The van der Waals surface area contributed by atoms with Crippen LogP contribution in [0.1, 0.15) is 23.1 Å². The summed E-state index contributed by atoms with van der Waals surface area (Å²) in [7, 11) is 0. The molecule has 6 nitrogen and oxygen atoms in total. The van der Waals surface area contributed by atoms with E-state index in [4.69, 9.17) is 4.74 Å². The average Bonchev–Trinajstić information content (AvgIpc) is 3.18. The van der Waals surface area contributed by atoms with E-state index in [1.807, 2.05) is 66.7 Å². The van der Waals surface area contributed by atoms with Gasteiger partial charge in [0.25, 0.3) is 0 Å². The van der Waals surface area contributed by atoms with Crippen LogP contribution < -0.4 is 10.1 Å². The number of benzene rings is 2. The van der Waals surface area contributed by atoms with Crippen molar-refractivity contribution in [2.75, 3.05) is 6.54 Å². The number of ether oxygens (including phenoxy) is 1. The van der Waals surface area contributed by atoms with Crippen LogP contribution in [-0.2, 0) is 29.3 Å². The first kappa shape index (κ1) is 20.6. The van der Waals surface area contributed by atoms with Crippen molar-refractivity contribution in [1.29, 1.82) is 0 Å². The lowest BCUT2D eigenvalue weighted by Crippen LogP contribution is -2.32. The van der Waals surface area contributed by atoms with Crippen LogP contribution in [0.5, 0.6) is 5.75 Å². The van der Waals surface area contributed by atoms with E-state index in [-0.39, 0.29) is 24.2 Å². The number of nitrogens with zero attached hydrogens (tertiary/aromatic N) is 2. The summed E-state index contributed by atoms with van der Waals surface area (Å²) in [6.07, 6.45) is 3.69. The number of aromatic nitrogens is 1. The highest BCUT2D eigenvalue weighted by atomic mass is 16.5. The Hall–Kier alpha value is -3.67. The summed E-state index contributed by atoms with van der Waals surface area (Å²) in [5.41, 5.74) is 3.02.